The van der Waals surface area contributed by atoms with Gasteiger partial charge in [-0.15, -0.1) is 0 Å². The number of nitrogens with zero attached hydrogens (tertiary/aromatic N) is 2. The van der Waals surface area contributed by atoms with Crippen molar-refractivity contribution in [2.24, 2.45) is 0 Å². The van der Waals surface area contributed by atoms with Crippen LogP contribution in [0.1, 0.15) is 21.5 Å². The minimum Gasteiger partial charge on any atom is -0.373 e. The second kappa shape index (κ2) is 6.19. The summed E-state index contributed by atoms with van der Waals surface area (Å²) in [5.41, 5.74) is 0.736. The van der Waals surface area contributed by atoms with Crippen molar-refractivity contribution >= 4 is 11.6 Å². The average molecular weight is 334 g/mol. The van der Waals surface area contributed by atoms with Gasteiger partial charge in [-0.05, 0) is 23.8 Å². The zero-order valence-corrected chi connectivity index (χ0v) is 13.2. The number of fused-ring (bicyclic) bond motifs is 1. The summed E-state index contributed by atoms with van der Waals surface area (Å²) in [7, 11) is 1.91. The summed E-state index contributed by atoms with van der Waals surface area (Å²) in [4.78, 5) is 16.2. The lowest BCUT2D eigenvalue weighted by atomic mass is 10.1. The Kier molecular flexibility index (Phi) is 4.22. The molecule has 1 amide bonds. The number of carbonyl (C=O) groups excluding carboxylic acids is 1. The summed E-state index contributed by atoms with van der Waals surface area (Å²) in [6, 6.07) is 12.6. The summed E-state index contributed by atoms with van der Waals surface area (Å²) in [6.45, 7) is 1.23. The molecular formula is C18H17F3N2O. The van der Waals surface area contributed by atoms with Gasteiger partial charge in [0, 0.05) is 32.4 Å². The van der Waals surface area contributed by atoms with Gasteiger partial charge in [0.15, 0.2) is 0 Å². The van der Waals surface area contributed by atoms with Gasteiger partial charge in [-0.2, -0.15) is 13.2 Å². The average Bonchev–Trinajstić information content (AvgIpc) is 2.73. The summed E-state index contributed by atoms with van der Waals surface area (Å²) < 4.78 is 39.5. The van der Waals surface area contributed by atoms with E-state index >= 15 is 0 Å². The summed E-state index contributed by atoms with van der Waals surface area (Å²) in [5.74, 6) is -0.590. The first kappa shape index (κ1) is 16.4. The minimum absolute atomic E-state index is 0.297. The van der Waals surface area contributed by atoms with E-state index in [-0.39, 0.29) is 5.56 Å². The highest BCUT2D eigenvalue weighted by molar-refractivity contribution is 5.96. The number of hydrogen-bond acceptors (Lipinski definition) is 2. The van der Waals surface area contributed by atoms with E-state index in [9.17, 15) is 18.0 Å². The van der Waals surface area contributed by atoms with Crippen LogP contribution in [0.15, 0.2) is 48.5 Å². The highest BCUT2D eigenvalue weighted by Gasteiger charge is 2.36. The van der Waals surface area contributed by atoms with E-state index in [1.807, 2.05) is 36.2 Å². The molecule has 1 aliphatic heterocycles. The number of para-hydroxylation sites is 1. The molecule has 6 heteroatoms. The van der Waals surface area contributed by atoms with E-state index in [0.29, 0.717) is 19.6 Å². The lowest BCUT2D eigenvalue weighted by Crippen LogP contribution is -2.35. The molecule has 0 atom stereocenters. The van der Waals surface area contributed by atoms with Gasteiger partial charge in [0.25, 0.3) is 5.91 Å². The van der Waals surface area contributed by atoms with Crippen LogP contribution in [0.25, 0.3) is 0 Å². The maximum atomic E-state index is 13.2. The van der Waals surface area contributed by atoms with Crippen molar-refractivity contribution in [3.8, 4) is 0 Å². The first-order chi connectivity index (χ1) is 11.4. The van der Waals surface area contributed by atoms with Gasteiger partial charge in [0.1, 0.15) is 0 Å². The molecule has 0 aromatic heterocycles. The van der Waals surface area contributed by atoms with Crippen molar-refractivity contribution in [1.29, 1.82) is 0 Å². The van der Waals surface area contributed by atoms with Crippen molar-refractivity contribution in [2.75, 3.05) is 25.0 Å². The minimum atomic E-state index is -4.55. The molecule has 0 fully saturated rings. The SMILES string of the molecule is CN1CCN(C(=O)c2ccccc2C(F)(F)F)Cc2ccccc21. The first-order valence-corrected chi connectivity index (χ1v) is 7.62. The molecule has 2 aromatic carbocycles. The molecule has 3 rings (SSSR count). The van der Waals surface area contributed by atoms with Gasteiger partial charge < -0.3 is 9.80 Å². The highest BCUT2D eigenvalue weighted by Crippen LogP contribution is 2.33. The maximum absolute atomic E-state index is 13.2. The van der Waals surface area contributed by atoms with Gasteiger partial charge in [-0.1, -0.05) is 30.3 Å². The first-order valence-electron chi connectivity index (χ1n) is 7.62. The second-order valence-corrected chi connectivity index (χ2v) is 5.82. The molecule has 1 heterocycles. The molecule has 0 unspecified atom stereocenters. The number of rotatable bonds is 1. The predicted octanol–water partition coefficient (Wildman–Crippen LogP) is 3.80. The van der Waals surface area contributed by atoms with Crippen LogP contribution in [0, 0.1) is 0 Å². The van der Waals surface area contributed by atoms with Crippen LogP contribution in [-0.2, 0) is 12.7 Å². The molecule has 0 spiro atoms. The van der Waals surface area contributed by atoms with Crippen LogP contribution in [0.2, 0.25) is 0 Å². The van der Waals surface area contributed by atoms with Crippen LogP contribution in [0.4, 0.5) is 18.9 Å². The molecule has 126 valence electrons. The molecule has 24 heavy (non-hydrogen) atoms. The predicted molar refractivity (Wildman–Crippen MR) is 85.9 cm³/mol. The van der Waals surface area contributed by atoms with Gasteiger partial charge in [0.05, 0.1) is 11.1 Å². The molecule has 0 saturated carbocycles. The molecule has 0 aliphatic carbocycles. The van der Waals surface area contributed by atoms with Crippen molar-refractivity contribution in [3.63, 3.8) is 0 Å². The number of benzene rings is 2. The van der Waals surface area contributed by atoms with E-state index in [2.05, 4.69) is 0 Å². The Bertz CT molecular complexity index is 758. The number of anilines is 1. The number of halogens is 3. The molecular weight excluding hydrogens is 317 g/mol. The summed E-state index contributed by atoms with van der Waals surface area (Å²) in [5, 5.41) is 0. The topological polar surface area (TPSA) is 23.6 Å². The lowest BCUT2D eigenvalue weighted by Gasteiger charge is -2.23. The van der Waals surface area contributed by atoms with Crippen LogP contribution >= 0.6 is 0 Å². The Morgan fingerprint density at radius 2 is 1.67 bits per heavy atom. The molecule has 2 aromatic rings. The molecule has 0 N–H and O–H groups in total. The Labute approximate surface area is 138 Å². The fourth-order valence-electron chi connectivity index (χ4n) is 2.95. The van der Waals surface area contributed by atoms with Gasteiger partial charge in [0.2, 0.25) is 0 Å². The summed E-state index contributed by atoms with van der Waals surface area (Å²) >= 11 is 0. The number of likely N-dealkylation sites (N-methyl/N-ethyl adjacent to an activating group) is 1. The molecule has 0 radical (unpaired) electrons. The van der Waals surface area contributed by atoms with Crippen molar-refractivity contribution in [3.05, 3.63) is 65.2 Å². The van der Waals surface area contributed by atoms with Gasteiger partial charge in [-0.3, -0.25) is 4.79 Å². The highest BCUT2D eigenvalue weighted by atomic mass is 19.4. The Balaban J connectivity index is 1.95. The molecule has 1 aliphatic rings. The Morgan fingerprint density at radius 1 is 1.00 bits per heavy atom. The summed E-state index contributed by atoms with van der Waals surface area (Å²) in [6.07, 6.45) is -4.55. The third kappa shape index (κ3) is 3.09. The van der Waals surface area contributed by atoms with Gasteiger partial charge in [-0.25, -0.2) is 0 Å². The third-order valence-corrected chi connectivity index (χ3v) is 4.22. The molecule has 3 nitrogen and oxygen atoms in total. The van der Waals surface area contributed by atoms with Crippen LogP contribution in [0.5, 0.6) is 0 Å². The van der Waals surface area contributed by atoms with Crippen molar-refractivity contribution in [2.45, 2.75) is 12.7 Å². The van der Waals surface area contributed by atoms with Crippen LogP contribution in [0.3, 0.4) is 0 Å². The normalized spacial score (nSPS) is 15.0. The monoisotopic (exact) mass is 334 g/mol. The van der Waals surface area contributed by atoms with Crippen LogP contribution < -0.4 is 4.90 Å². The number of amides is 1. The molecule has 0 saturated heterocycles. The number of carbonyl (C=O) groups is 1. The van der Waals surface area contributed by atoms with E-state index in [1.165, 1.54) is 23.1 Å². The smallest absolute Gasteiger partial charge is 0.373 e. The quantitative estimate of drug-likeness (QED) is 0.792. The van der Waals surface area contributed by atoms with Crippen LogP contribution in [-0.4, -0.2) is 30.9 Å². The fraction of sp³-hybridized carbons (Fsp3) is 0.278. The fourth-order valence-corrected chi connectivity index (χ4v) is 2.95. The van der Waals surface area contributed by atoms with E-state index < -0.39 is 17.6 Å². The zero-order valence-electron chi connectivity index (χ0n) is 13.2. The third-order valence-electron chi connectivity index (χ3n) is 4.22. The standard InChI is InChI=1S/C18H17F3N2O/c1-22-10-11-23(12-13-6-2-5-9-16(13)22)17(24)14-7-3-4-8-15(14)18(19,20)21/h2-9H,10-12H2,1H3. The number of hydrogen-bond donors (Lipinski definition) is 0. The van der Waals surface area contributed by atoms with E-state index in [4.69, 9.17) is 0 Å². The van der Waals surface area contributed by atoms with Crippen molar-refractivity contribution in [1.82, 2.24) is 4.90 Å². The maximum Gasteiger partial charge on any atom is 0.417 e. The second-order valence-electron chi connectivity index (χ2n) is 5.82. The van der Waals surface area contributed by atoms with E-state index in [1.54, 1.807) is 0 Å². The van der Waals surface area contributed by atoms with Gasteiger partial charge >= 0.3 is 6.18 Å². The largest absolute Gasteiger partial charge is 0.417 e. The van der Waals surface area contributed by atoms with E-state index in [0.717, 1.165) is 17.3 Å². The molecule has 0 bridgehead atoms. The Morgan fingerprint density at radius 3 is 2.42 bits per heavy atom. The lowest BCUT2D eigenvalue weighted by molar-refractivity contribution is -0.138. The Hall–Kier alpha value is -2.50. The zero-order chi connectivity index (χ0) is 17.3. The number of alkyl halides is 3. The van der Waals surface area contributed by atoms with Crippen molar-refractivity contribution < 1.29 is 18.0 Å².